The van der Waals surface area contributed by atoms with Gasteiger partial charge < -0.3 is 18.9 Å². The Morgan fingerprint density at radius 2 is 2.04 bits per heavy atom. The number of benzene rings is 1. The first-order chi connectivity index (χ1) is 11.8. The summed E-state index contributed by atoms with van der Waals surface area (Å²) in [4.78, 5) is 11.3. The summed E-state index contributed by atoms with van der Waals surface area (Å²) in [6.07, 6.45) is 8.14. The lowest BCUT2D eigenvalue weighted by Gasteiger charge is -2.22. The molecule has 1 aliphatic rings. The van der Waals surface area contributed by atoms with Crippen molar-refractivity contribution in [1.29, 1.82) is 0 Å². The van der Waals surface area contributed by atoms with E-state index in [9.17, 15) is 4.79 Å². The van der Waals surface area contributed by atoms with E-state index >= 15 is 0 Å². The van der Waals surface area contributed by atoms with E-state index in [0.29, 0.717) is 25.4 Å². The number of hydrogen-bond acceptors (Lipinski definition) is 5. The SMILES string of the molecule is COC(=O)c1ccc(/C=C/CCOCCOC2CCCCO2)cc1. The normalized spacial score (nSPS) is 18.0. The zero-order valence-corrected chi connectivity index (χ0v) is 14.2. The van der Waals surface area contributed by atoms with E-state index in [1.54, 1.807) is 12.1 Å². The van der Waals surface area contributed by atoms with E-state index in [1.165, 1.54) is 13.5 Å². The Labute approximate surface area is 143 Å². The van der Waals surface area contributed by atoms with Crippen molar-refractivity contribution in [2.24, 2.45) is 0 Å². The van der Waals surface area contributed by atoms with Crippen molar-refractivity contribution in [3.63, 3.8) is 0 Å². The molecular weight excluding hydrogens is 308 g/mol. The molecule has 0 N–H and O–H groups in total. The molecule has 24 heavy (non-hydrogen) atoms. The second-order valence-electron chi connectivity index (χ2n) is 5.58. The molecule has 0 radical (unpaired) electrons. The van der Waals surface area contributed by atoms with Gasteiger partial charge in [-0.25, -0.2) is 4.79 Å². The van der Waals surface area contributed by atoms with Crippen LogP contribution in [0.4, 0.5) is 0 Å². The topological polar surface area (TPSA) is 54.0 Å². The highest BCUT2D eigenvalue weighted by molar-refractivity contribution is 5.89. The lowest BCUT2D eigenvalue weighted by atomic mass is 10.1. The van der Waals surface area contributed by atoms with E-state index in [1.807, 2.05) is 18.2 Å². The van der Waals surface area contributed by atoms with Gasteiger partial charge in [0.1, 0.15) is 0 Å². The fourth-order valence-electron chi connectivity index (χ4n) is 2.40. The van der Waals surface area contributed by atoms with Crippen molar-refractivity contribution in [3.8, 4) is 0 Å². The van der Waals surface area contributed by atoms with Gasteiger partial charge in [-0.05, 0) is 43.4 Å². The van der Waals surface area contributed by atoms with Crippen LogP contribution in [-0.4, -0.2) is 45.8 Å². The highest BCUT2D eigenvalue weighted by atomic mass is 16.7. The molecule has 0 aliphatic carbocycles. The van der Waals surface area contributed by atoms with E-state index in [2.05, 4.69) is 10.8 Å². The Hall–Kier alpha value is -1.69. The average Bonchev–Trinajstić information content (AvgIpc) is 2.64. The molecule has 0 spiro atoms. The third kappa shape index (κ3) is 6.83. The highest BCUT2D eigenvalue weighted by Gasteiger charge is 2.13. The standard InChI is InChI=1S/C19H26O5/c1-21-19(20)17-10-8-16(9-11-17)6-2-4-12-22-14-15-24-18-7-3-5-13-23-18/h2,6,8-11,18H,3-5,7,12-15H2,1H3/b6-2+. The summed E-state index contributed by atoms with van der Waals surface area (Å²) in [7, 11) is 1.38. The van der Waals surface area contributed by atoms with E-state index in [-0.39, 0.29) is 12.3 Å². The molecule has 1 fully saturated rings. The van der Waals surface area contributed by atoms with Crippen LogP contribution in [0.15, 0.2) is 30.3 Å². The monoisotopic (exact) mass is 334 g/mol. The predicted molar refractivity (Wildman–Crippen MR) is 91.8 cm³/mol. The molecule has 0 bridgehead atoms. The summed E-state index contributed by atoms with van der Waals surface area (Å²) in [5.74, 6) is -0.320. The number of hydrogen-bond donors (Lipinski definition) is 0. The first kappa shape index (κ1) is 18.6. The maximum absolute atomic E-state index is 11.3. The van der Waals surface area contributed by atoms with Crippen LogP contribution < -0.4 is 0 Å². The molecule has 1 aromatic rings. The van der Waals surface area contributed by atoms with Crippen LogP contribution in [0.3, 0.4) is 0 Å². The molecule has 1 saturated heterocycles. The molecule has 1 unspecified atom stereocenters. The van der Waals surface area contributed by atoms with Gasteiger partial charge in [0.05, 0.1) is 32.5 Å². The maximum Gasteiger partial charge on any atom is 0.337 e. The summed E-state index contributed by atoms with van der Waals surface area (Å²) in [5, 5.41) is 0. The van der Waals surface area contributed by atoms with Gasteiger partial charge in [-0.1, -0.05) is 24.3 Å². The van der Waals surface area contributed by atoms with Crippen molar-refractivity contribution in [2.75, 3.05) is 33.5 Å². The molecule has 1 heterocycles. The summed E-state index contributed by atoms with van der Waals surface area (Å²) < 4.78 is 21.3. The molecule has 1 aromatic carbocycles. The van der Waals surface area contributed by atoms with Crippen LogP contribution in [-0.2, 0) is 18.9 Å². The Morgan fingerprint density at radius 3 is 2.75 bits per heavy atom. The Balaban J connectivity index is 1.53. The molecule has 132 valence electrons. The van der Waals surface area contributed by atoms with Gasteiger partial charge in [-0.15, -0.1) is 0 Å². The van der Waals surface area contributed by atoms with Crippen molar-refractivity contribution < 1.29 is 23.7 Å². The maximum atomic E-state index is 11.3. The van der Waals surface area contributed by atoms with E-state index < -0.39 is 0 Å². The van der Waals surface area contributed by atoms with Gasteiger partial charge in [0.15, 0.2) is 6.29 Å². The van der Waals surface area contributed by atoms with Crippen LogP contribution in [0, 0.1) is 0 Å². The second kappa shape index (κ2) is 11.0. The molecule has 1 aliphatic heterocycles. The Bertz CT molecular complexity index is 503. The first-order valence-electron chi connectivity index (χ1n) is 8.45. The summed E-state index contributed by atoms with van der Waals surface area (Å²) in [6.45, 7) is 2.62. The van der Waals surface area contributed by atoms with Crippen LogP contribution in [0.5, 0.6) is 0 Å². The van der Waals surface area contributed by atoms with Crippen molar-refractivity contribution in [3.05, 3.63) is 41.5 Å². The third-order valence-corrected chi connectivity index (χ3v) is 3.74. The summed E-state index contributed by atoms with van der Waals surface area (Å²) in [6, 6.07) is 7.29. The zero-order chi connectivity index (χ0) is 17.0. The lowest BCUT2D eigenvalue weighted by Crippen LogP contribution is -2.23. The van der Waals surface area contributed by atoms with Crippen molar-refractivity contribution >= 4 is 12.0 Å². The van der Waals surface area contributed by atoms with Gasteiger partial charge in [0, 0.05) is 6.61 Å². The molecule has 0 aromatic heterocycles. The minimum absolute atomic E-state index is 0.0461. The highest BCUT2D eigenvalue weighted by Crippen LogP contribution is 2.13. The quantitative estimate of drug-likeness (QED) is 0.511. The van der Waals surface area contributed by atoms with E-state index in [0.717, 1.165) is 31.4 Å². The fourth-order valence-corrected chi connectivity index (χ4v) is 2.40. The Morgan fingerprint density at radius 1 is 1.21 bits per heavy atom. The molecule has 0 saturated carbocycles. The van der Waals surface area contributed by atoms with Crippen LogP contribution in [0.25, 0.3) is 6.08 Å². The van der Waals surface area contributed by atoms with Crippen molar-refractivity contribution in [2.45, 2.75) is 32.0 Å². The largest absolute Gasteiger partial charge is 0.465 e. The number of ether oxygens (including phenoxy) is 4. The van der Waals surface area contributed by atoms with Crippen LogP contribution >= 0.6 is 0 Å². The van der Waals surface area contributed by atoms with Crippen LogP contribution in [0.2, 0.25) is 0 Å². The van der Waals surface area contributed by atoms with Gasteiger partial charge in [0.25, 0.3) is 0 Å². The molecular formula is C19H26O5. The fraction of sp³-hybridized carbons (Fsp3) is 0.526. The molecule has 0 amide bonds. The van der Waals surface area contributed by atoms with Crippen molar-refractivity contribution in [1.82, 2.24) is 0 Å². The smallest absolute Gasteiger partial charge is 0.337 e. The van der Waals surface area contributed by atoms with E-state index in [4.69, 9.17) is 14.2 Å². The Kier molecular flexibility index (Phi) is 8.52. The number of carbonyl (C=O) groups excluding carboxylic acids is 1. The molecule has 1 atom stereocenters. The van der Waals surface area contributed by atoms with Gasteiger partial charge >= 0.3 is 5.97 Å². The molecule has 5 nitrogen and oxygen atoms in total. The number of esters is 1. The summed E-state index contributed by atoms with van der Waals surface area (Å²) in [5.41, 5.74) is 1.60. The molecule has 5 heteroatoms. The summed E-state index contributed by atoms with van der Waals surface area (Å²) >= 11 is 0. The third-order valence-electron chi connectivity index (χ3n) is 3.74. The zero-order valence-electron chi connectivity index (χ0n) is 14.2. The number of methoxy groups -OCH3 is 1. The second-order valence-corrected chi connectivity index (χ2v) is 5.58. The van der Waals surface area contributed by atoms with Gasteiger partial charge in [-0.3, -0.25) is 0 Å². The average molecular weight is 334 g/mol. The van der Waals surface area contributed by atoms with Gasteiger partial charge in [-0.2, -0.15) is 0 Å². The predicted octanol–water partition coefficient (Wildman–Crippen LogP) is 3.44. The minimum Gasteiger partial charge on any atom is -0.465 e. The molecule has 2 rings (SSSR count). The lowest BCUT2D eigenvalue weighted by molar-refractivity contribution is -0.168. The number of carbonyl (C=O) groups is 1. The number of rotatable bonds is 9. The minimum atomic E-state index is -0.320. The first-order valence-corrected chi connectivity index (χ1v) is 8.45. The van der Waals surface area contributed by atoms with Gasteiger partial charge in [0.2, 0.25) is 0 Å². The van der Waals surface area contributed by atoms with Crippen LogP contribution in [0.1, 0.15) is 41.6 Å².